The first-order valence-electron chi connectivity index (χ1n) is 4.33. The molecule has 14 heavy (non-hydrogen) atoms. The van der Waals surface area contributed by atoms with E-state index in [1.807, 2.05) is 24.5 Å². The molecule has 0 radical (unpaired) electrons. The first-order chi connectivity index (χ1) is 6.69. The van der Waals surface area contributed by atoms with Gasteiger partial charge in [-0.05, 0) is 18.1 Å². The van der Waals surface area contributed by atoms with Crippen molar-refractivity contribution >= 4 is 0 Å². The monoisotopic (exact) mass is 197 g/mol. The van der Waals surface area contributed by atoms with Crippen LogP contribution in [0.5, 0.6) is 0 Å². The Morgan fingerprint density at radius 1 is 1.07 bits per heavy atom. The van der Waals surface area contributed by atoms with E-state index in [0.29, 0.717) is 0 Å². The SMILES string of the molecule is CC(NO)c1ccc(C(N)NO)cc1. The van der Waals surface area contributed by atoms with Crippen LogP contribution in [0, 0.1) is 0 Å². The summed E-state index contributed by atoms with van der Waals surface area (Å²) in [5.74, 6) is 0. The third-order valence-corrected chi connectivity index (χ3v) is 2.13. The third-order valence-electron chi connectivity index (χ3n) is 2.13. The highest BCUT2D eigenvalue weighted by Gasteiger charge is 2.06. The number of nitrogens with one attached hydrogen (secondary N) is 2. The molecule has 0 aromatic heterocycles. The molecular formula is C9H15N3O2. The van der Waals surface area contributed by atoms with Crippen LogP contribution in [0.1, 0.15) is 30.3 Å². The van der Waals surface area contributed by atoms with Gasteiger partial charge in [-0.1, -0.05) is 24.3 Å². The fourth-order valence-corrected chi connectivity index (χ4v) is 1.14. The summed E-state index contributed by atoms with van der Waals surface area (Å²) < 4.78 is 0. The zero-order valence-corrected chi connectivity index (χ0v) is 7.94. The van der Waals surface area contributed by atoms with Crippen LogP contribution in [0.25, 0.3) is 0 Å². The van der Waals surface area contributed by atoms with Crippen molar-refractivity contribution in [1.82, 2.24) is 11.0 Å². The zero-order valence-electron chi connectivity index (χ0n) is 7.94. The van der Waals surface area contributed by atoms with E-state index in [0.717, 1.165) is 11.1 Å². The number of hydrogen-bond acceptors (Lipinski definition) is 5. The van der Waals surface area contributed by atoms with Crippen LogP contribution in [0.4, 0.5) is 0 Å². The highest BCUT2D eigenvalue weighted by molar-refractivity contribution is 5.26. The molecule has 1 aromatic rings. The van der Waals surface area contributed by atoms with E-state index in [9.17, 15) is 0 Å². The quantitative estimate of drug-likeness (QED) is 0.361. The molecule has 0 bridgehead atoms. The smallest absolute Gasteiger partial charge is 0.104 e. The number of hydrogen-bond donors (Lipinski definition) is 5. The first-order valence-corrected chi connectivity index (χ1v) is 4.33. The number of hydroxylamine groups is 2. The van der Waals surface area contributed by atoms with Gasteiger partial charge in [0.15, 0.2) is 0 Å². The van der Waals surface area contributed by atoms with Crippen molar-refractivity contribution in [2.24, 2.45) is 5.73 Å². The van der Waals surface area contributed by atoms with Crippen LogP contribution in [-0.4, -0.2) is 10.4 Å². The molecule has 78 valence electrons. The Bertz CT molecular complexity index is 247. The minimum absolute atomic E-state index is 0.123. The van der Waals surface area contributed by atoms with Crippen LogP contribution in [0.3, 0.4) is 0 Å². The van der Waals surface area contributed by atoms with Gasteiger partial charge in [-0.25, -0.2) is 0 Å². The Labute approximate surface area is 82.5 Å². The van der Waals surface area contributed by atoms with Gasteiger partial charge in [-0.15, -0.1) is 0 Å². The van der Waals surface area contributed by atoms with Gasteiger partial charge in [0.2, 0.25) is 0 Å². The maximum atomic E-state index is 8.69. The molecule has 0 aliphatic rings. The molecule has 0 heterocycles. The molecule has 1 rings (SSSR count). The van der Waals surface area contributed by atoms with Crippen molar-refractivity contribution in [2.75, 3.05) is 0 Å². The van der Waals surface area contributed by atoms with Crippen molar-refractivity contribution in [2.45, 2.75) is 19.1 Å². The predicted octanol–water partition coefficient (Wildman–Crippen LogP) is 0.662. The van der Waals surface area contributed by atoms with E-state index in [1.165, 1.54) is 0 Å². The van der Waals surface area contributed by atoms with Crippen molar-refractivity contribution in [1.29, 1.82) is 0 Å². The number of nitrogens with two attached hydrogens (primary N) is 1. The summed E-state index contributed by atoms with van der Waals surface area (Å²) in [6.07, 6.45) is -0.582. The average molecular weight is 197 g/mol. The Morgan fingerprint density at radius 3 is 2.00 bits per heavy atom. The third kappa shape index (κ3) is 2.50. The van der Waals surface area contributed by atoms with Gasteiger partial charge in [-0.2, -0.15) is 11.0 Å². The lowest BCUT2D eigenvalue weighted by Gasteiger charge is -2.12. The molecule has 0 aliphatic carbocycles. The van der Waals surface area contributed by atoms with Crippen molar-refractivity contribution in [3.8, 4) is 0 Å². The van der Waals surface area contributed by atoms with E-state index < -0.39 is 6.17 Å². The Kier molecular flexibility index (Phi) is 3.99. The highest BCUT2D eigenvalue weighted by atomic mass is 16.5. The molecule has 2 unspecified atom stereocenters. The Morgan fingerprint density at radius 2 is 1.57 bits per heavy atom. The van der Waals surface area contributed by atoms with Crippen LogP contribution >= 0.6 is 0 Å². The van der Waals surface area contributed by atoms with E-state index in [-0.39, 0.29) is 6.04 Å². The predicted molar refractivity (Wildman–Crippen MR) is 51.6 cm³/mol. The van der Waals surface area contributed by atoms with E-state index >= 15 is 0 Å². The lowest BCUT2D eigenvalue weighted by atomic mass is 10.1. The van der Waals surface area contributed by atoms with E-state index in [4.69, 9.17) is 16.1 Å². The second-order valence-corrected chi connectivity index (χ2v) is 3.12. The van der Waals surface area contributed by atoms with Crippen molar-refractivity contribution < 1.29 is 10.4 Å². The summed E-state index contributed by atoms with van der Waals surface area (Å²) in [5.41, 5.74) is 11.4. The van der Waals surface area contributed by atoms with Crippen LogP contribution in [0.15, 0.2) is 24.3 Å². The van der Waals surface area contributed by atoms with Crippen molar-refractivity contribution in [3.63, 3.8) is 0 Å². The minimum Gasteiger partial charge on any atom is -0.316 e. The molecule has 2 atom stereocenters. The lowest BCUT2D eigenvalue weighted by Crippen LogP contribution is -2.25. The molecule has 6 N–H and O–H groups in total. The number of rotatable bonds is 4. The van der Waals surface area contributed by atoms with Crippen molar-refractivity contribution in [3.05, 3.63) is 35.4 Å². The summed E-state index contributed by atoms with van der Waals surface area (Å²) in [6.45, 7) is 1.83. The van der Waals surface area contributed by atoms with Crippen LogP contribution in [-0.2, 0) is 0 Å². The van der Waals surface area contributed by atoms with Gasteiger partial charge < -0.3 is 16.1 Å². The molecule has 0 fully saturated rings. The van der Waals surface area contributed by atoms with Crippen LogP contribution in [0.2, 0.25) is 0 Å². The van der Waals surface area contributed by atoms with Gasteiger partial charge in [0.25, 0.3) is 0 Å². The molecule has 0 aliphatic heterocycles. The van der Waals surface area contributed by atoms with Gasteiger partial charge in [-0.3, -0.25) is 0 Å². The summed E-state index contributed by atoms with van der Waals surface area (Å²) >= 11 is 0. The largest absolute Gasteiger partial charge is 0.316 e. The van der Waals surface area contributed by atoms with Crippen LogP contribution < -0.4 is 16.7 Å². The molecule has 0 saturated heterocycles. The maximum Gasteiger partial charge on any atom is 0.104 e. The molecule has 5 nitrogen and oxygen atoms in total. The fraction of sp³-hybridized carbons (Fsp3) is 0.333. The van der Waals surface area contributed by atoms with Gasteiger partial charge in [0.05, 0.1) is 6.04 Å². The Balaban J connectivity index is 2.78. The van der Waals surface area contributed by atoms with Gasteiger partial charge in [0.1, 0.15) is 6.17 Å². The summed E-state index contributed by atoms with van der Waals surface area (Å²) in [7, 11) is 0. The fourth-order valence-electron chi connectivity index (χ4n) is 1.14. The molecule has 1 aromatic carbocycles. The van der Waals surface area contributed by atoms with E-state index in [2.05, 4.69) is 5.48 Å². The first kappa shape index (κ1) is 11.1. The second-order valence-electron chi connectivity index (χ2n) is 3.12. The molecule has 5 heteroatoms. The minimum atomic E-state index is -0.582. The number of benzene rings is 1. The molecule has 0 saturated carbocycles. The van der Waals surface area contributed by atoms with Gasteiger partial charge in [0, 0.05) is 0 Å². The molecular weight excluding hydrogens is 182 g/mol. The summed E-state index contributed by atoms with van der Waals surface area (Å²) in [6, 6.07) is 7.12. The molecule has 0 spiro atoms. The summed E-state index contributed by atoms with van der Waals surface area (Å²) in [5, 5.41) is 17.3. The zero-order chi connectivity index (χ0) is 10.6. The normalized spacial score (nSPS) is 15.1. The lowest BCUT2D eigenvalue weighted by molar-refractivity contribution is 0.128. The summed E-state index contributed by atoms with van der Waals surface area (Å²) in [4.78, 5) is 0. The highest BCUT2D eigenvalue weighted by Crippen LogP contribution is 2.14. The standard InChI is InChI=1S/C9H15N3O2/c1-6(11-13)7-2-4-8(5-3-7)9(10)12-14/h2-6,9,11-14H,10H2,1H3. The Hall–Kier alpha value is -0.980. The molecule has 0 amide bonds. The van der Waals surface area contributed by atoms with E-state index in [1.54, 1.807) is 12.1 Å². The second kappa shape index (κ2) is 5.04. The maximum absolute atomic E-state index is 8.69. The topological polar surface area (TPSA) is 90.5 Å². The average Bonchev–Trinajstić information content (AvgIpc) is 2.27. The van der Waals surface area contributed by atoms with Gasteiger partial charge >= 0.3 is 0 Å².